The van der Waals surface area contributed by atoms with Crippen LogP contribution >= 0.6 is 0 Å². The highest BCUT2D eigenvalue weighted by Gasteiger charge is 2.57. The Balaban J connectivity index is 1.20. The Hall–Kier alpha value is -2.74. The second-order valence-electron chi connectivity index (χ2n) is 8.88. The Morgan fingerprint density at radius 3 is 2.52 bits per heavy atom. The molecule has 1 aromatic carbocycles. The fourth-order valence-corrected chi connectivity index (χ4v) is 6.70. The first-order chi connectivity index (χ1) is 15.5. The minimum Gasteiger partial charge on any atom is -0.324 e. The zero-order valence-electron chi connectivity index (χ0n) is 17.2. The first-order valence-electron chi connectivity index (χ1n) is 10.2. The topological polar surface area (TPSA) is 102 Å². The van der Waals surface area contributed by atoms with Gasteiger partial charge in [-0.1, -0.05) is 0 Å². The number of benzene rings is 1. The quantitative estimate of drug-likeness (QED) is 0.665. The molecule has 0 unspecified atom stereocenters. The molecule has 0 radical (unpaired) electrons. The van der Waals surface area contributed by atoms with Gasteiger partial charge in [-0.15, -0.1) is 0 Å². The van der Waals surface area contributed by atoms with Crippen molar-refractivity contribution in [3.63, 3.8) is 0 Å². The summed E-state index contributed by atoms with van der Waals surface area (Å²) >= 11 is 0. The van der Waals surface area contributed by atoms with E-state index in [-0.39, 0.29) is 31.1 Å². The highest BCUT2D eigenvalue weighted by atomic mass is 32.2. The lowest BCUT2D eigenvalue weighted by Gasteiger charge is -2.59. The van der Waals surface area contributed by atoms with Crippen LogP contribution in [0.4, 0.5) is 22.4 Å². The number of alkyl halides is 3. The first-order valence-corrected chi connectivity index (χ1v) is 11.7. The van der Waals surface area contributed by atoms with Crippen LogP contribution in [0.3, 0.4) is 0 Å². The van der Waals surface area contributed by atoms with E-state index in [4.69, 9.17) is 0 Å². The average Bonchev–Trinajstić information content (AvgIpc) is 3.36. The Bertz CT molecular complexity index is 1170. The molecule has 9 nitrogen and oxygen atoms in total. The van der Waals surface area contributed by atoms with Gasteiger partial charge >= 0.3 is 12.2 Å². The van der Waals surface area contributed by atoms with E-state index in [1.807, 2.05) is 0 Å². The lowest BCUT2D eigenvalue weighted by Crippen LogP contribution is -2.74. The molecule has 0 bridgehead atoms. The number of hydrogen-bond donors (Lipinski definition) is 1. The number of nitrogens with one attached hydrogen (secondary N) is 1. The van der Waals surface area contributed by atoms with Gasteiger partial charge in [0.05, 0.1) is 22.3 Å². The molecule has 3 aliphatic rings. The third-order valence-corrected chi connectivity index (χ3v) is 8.37. The summed E-state index contributed by atoms with van der Waals surface area (Å²) in [5, 5.41) is 10.4. The van der Waals surface area contributed by atoms with Crippen LogP contribution in [-0.2, 0) is 16.2 Å². The van der Waals surface area contributed by atoms with Gasteiger partial charge in [0.1, 0.15) is 5.82 Å². The highest BCUT2D eigenvalue weighted by molar-refractivity contribution is 7.89. The van der Waals surface area contributed by atoms with Crippen LogP contribution in [-0.4, -0.2) is 83.2 Å². The Labute approximate surface area is 186 Å². The molecule has 5 rings (SSSR count). The Kier molecular flexibility index (Phi) is 4.94. The van der Waals surface area contributed by atoms with Gasteiger partial charge in [-0.25, -0.2) is 17.6 Å². The molecule has 178 valence electrons. The lowest BCUT2D eigenvalue weighted by atomic mass is 9.74. The number of H-pyrrole nitrogens is 1. The van der Waals surface area contributed by atoms with Crippen LogP contribution < -0.4 is 0 Å². The van der Waals surface area contributed by atoms with Crippen LogP contribution in [0.5, 0.6) is 0 Å². The number of halogens is 4. The van der Waals surface area contributed by atoms with Gasteiger partial charge in [0.15, 0.2) is 0 Å². The third kappa shape index (κ3) is 3.74. The van der Waals surface area contributed by atoms with Crippen LogP contribution in [0, 0.1) is 11.2 Å². The predicted molar refractivity (Wildman–Crippen MR) is 105 cm³/mol. The summed E-state index contributed by atoms with van der Waals surface area (Å²) in [5.41, 5.74) is -1.19. The molecule has 4 heterocycles. The molecule has 2 aromatic rings. The Morgan fingerprint density at radius 1 is 1.15 bits per heavy atom. The first kappa shape index (κ1) is 22.1. The van der Waals surface area contributed by atoms with E-state index in [0.717, 1.165) is 16.4 Å². The second-order valence-corrected chi connectivity index (χ2v) is 10.8. The molecule has 0 saturated carbocycles. The number of carbonyl (C=O) groups is 1. The SMILES string of the molecule is O=C(N1CC[C@H](c2cn[nH]n2)C1)N1CC2(C1)CN(S(=O)(=O)c1ccc(F)cc1C(F)(F)F)C2. The van der Waals surface area contributed by atoms with E-state index in [2.05, 4.69) is 15.4 Å². The number of likely N-dealkylation sites (tertiary alicyclic amines) is 2. The number of aromatic amines is 1. The molecule has 0 aliphatic carbocycles. The van der Waals surface area contributed by atoms with E-state index >= 15 is 0 Å². The van der Waals surface area contributed by atoms with Crippen molar-refractivity contribution in [1.82, 2.24) is 29.5 Å². The van der Waals surface area contributed by atoms with Crippen LogP contribution in [0.1, 0.15) is 23.6 Å². The zero-order chi connectivity index (χ0) is 23.6. The molecule has 14 heteroatoms. The summed E-state index contributed by atoms with van der Waals surface area (Å²) in [6.07, 6.45) is -2.61. The van der Waals surface area contributed by atoms with Crippen molar-refractivity contribution < 1.29 is 30.8 Å². The van der Waals surface area contributed by atoms with Crippen molar-refractivity contribution in [1.29, 1.82) is 0 Å². The van der Waals surface area contributed by atoms with E-state index in [9.17, 15) is 30.8 Å². The van der Waals surface area contributed by atoms with Gasteiger partial charge < -0.3 is 9.80 Å². The number of rotatable bonds is 3. The van der Waals surface area contributed by atoms with Crippen molar-refractivity contribution in [2.75, 3.05) is 39.3 Å². The summed E-state index contributed by atoms with van der Waals surface area (Å²) in [6, 6.07) is 1.39. The molecule has 3 saturated heterocycles. The summed E-state index contributed by atoms with van der Waals surface area (Å²) in [5.74, 6) is -1.06. The number of hydrogen-bond acceptors (Lipinski definition) is 5. The largest absolute Gasteiger partial charge is 0.417 e. The smallest absolute Gasteiger partial charge is 0.324 e. The van der Waals surface area contributed by atoms with Crippen molar-refractivity contribution >= 4 is 16.1 Å². The van der Waals surface area contributed by atoms with Gasteiger partial charge in [-0.05, 0) is 24.6 Å². The maximum atomic E-state index is 13.3. The van der Waals surface area contributed by atoms with Crippen molar-refractivity contribution in [3.8, 4) is 0 Å². The van der Waals surface area contributed by atoms with E-state index < -0.39 is 37.9 Å². The van der Waals surface area contributed by atoms with Gasteiger partial charge in [0, 0.05) is 50.6 Å². The summed E-state index contributed by atoms with van der Waals surface area (Å²) in [4.78, 5) is 15.1. The molecule has 33 heavy (non-hydrogen) atoms. The summed E-state index contributed by atoms with van der Waals surface area (Å²) in [6.45, 7) is 1.77. The number of aromatic nitrogens is 3. The zero-order valence-corrected chi connectivity index (χ0v) is 18.0. The van der Waals surface area contributed by atoms with Gasteiger partial charge in [-0.3, -0.25) is 0 Å². The second kappa shape index (κ2) is 7.38. The fraction of sp³-hybridized carbons (Fsp3) is 0.526. The Morgan fingerprint density at radius 2 is 1.88 bits per heavy atom. The molecular weight excluding hydrogens is 468 g/mol. The molecule has 1 N–H and O–H groups in total. The molecule has 1 aromatic heterocycles. The van der Waals surface area contributed by atoms with Crippen molar-refractivity contribution in [2.24, 2.45) is 5.41 Å². The maximum Gasteiger partial charge on any atom is 0.417 e. The molecule has 2 amide bonds. The highest BCUT2D eigenvalue weighted by Crippen LogP contribution is 2.44. The normalized spacial score (nSPS) is 23.0. The van der Waals surface area contributed by atoms with Crippen LogP contribution in [0.15, 0.2) is 29.3 Å². The molecule has 1 spiro atoms. The monoisotopic (exact) mass is 488 g/mol. The minimum atomic E-state index is -5.01. The van der Waals surface area contributed by atoms with E-state index in [0.29, 0.717) is 38.3 Å². The maximum absolute atomic E-state index is 13.3. The standard InChI is InChI=1S/C19H20F4N6O3S/c20-13-1-2-16(14(5-13)19(21,22)23)33(31,32)29-10-18(11-29)8-28(9-18)17(30)27-4-3-12(7-27)15-6-24-26-25-15/h1-2,5-6,12H,3-4,7-11H2,(H,24,25,26)/t12-/m0/s1. The van der Waals surface area contributed by atoms with Gasteiger partial charge in [-0.2, -0.15) is 32.9 Å². The van der Waals surface area contributed by atoms with Gasteiger partial charge in [0.25, 0.3) is 0 Å². The van der Waals surface area contributed by atoms with E-state index in [1.165, 1.54) is 0 Å². The van der Waals surface area contributed by atoms with Crippen LogP contribution in [0.25, 0.3) is 0 Å². The van der Waals surface area contributed by atoms with E-state index in [1.54, 1.807) is 16.0 Å². The predicted octanol–water partition coefficient (Wildman–Crippen LogP) is 1.88. The van der Waals surface area contributed by atoms with Crippen LogP contribution in [0.2, 0.25) is 0 Å². The number of sulfonamides is 1. The van der Waals surface area contributed by atoms with Crippen molar-refractivity contribution in [3.05, 3.63) is 41.5 Å². The number of carbonyl (C=O) groups excluding carboxylic acids is 1. The fourth-order valence-electron chi connectivity index (χ4n) is 4.84. The number of nitrogens with zero attached hydrogens (tertiary/aromatic N) is 5. The molecule has 1 atom stereocenters. The summed E-state index contributed by atoms with van der Waals surface area (Å²) < 4.78 is 79.7. The molecule has 3 fully saturated rings. The number of amides is 2. The molecular formula is C19H20F4N6O3S. The van der Waals surface area contributed by atoms with Crippen molar-refractivity contribution in [2.45, 2.75) is 23.4 Å². The third-order valence-electron chi connectivity index (χ3n) is 6.52. The average molecular weight is 488 g/mol. The summed E-state index contributed by atoms with van der Waals surface area (Å²) in [7, 11) is -4.45. The lowest BCUT2D eigenvalue weighted by molar-refractivity contribution is -0.140. The number of urea groups is 1. The minimum absolute atomic E-state index is 0.00928. The molecule has 3 aliphatic heterocycles. The van der Waals surface area contributed by atoms with Gasteiger partial charge in [0.2, 0.25) is 10.0 Å².